The number of imide groups is 1. The van der Waals surface area contributed by atoms with Crippen LogP contribution in [0.1, 0.15) is 59.8 Å². The number of fused-ring (bicyclic) bond motifs is 1. The molecule has 0 N–H and O–H groups in total. The average Bonchev–Trinajstić information content (AvgIpc) is 3.15. The first kappa shape index (κ1) is 20.2. The number of cyclic esters (lactones) is 1. The Hall–Kier alpha value is -1.56. The number of carbonyl (C=O) groups is 2. The third-order valence-corrected chi connectivity index (χ3v) is 5.77. The molecule has 0 aromatic heterocycles. The molecule has 3 aliphatic rings. The van der Waals surface area contributed by atoms with Crippen LogP contribution in [-0.2, 0) is 14.3 Å². The molecule has 4 unspecified atom stereocenters. The summed E-state index contributed by atoms with van der Waals surface area (Å²) in [4.78, 5) is 26.2. The Kier molecular flexibility index (Phi) is 6.14. The van der Waals surface area contributed by atoms with Crippen molar-refractivity contribution in [2.75, 3.05) is 6.54 Å². The van der Waals surface area contributed by atoms with E-state index in [1.165, 1.54) is 23.3 Å². The lowest BCUT2D eigenvalue weighted by molar-refractivity contribution is -0.133. The van der Waals surface area contributed by atoms with Crippen molar-refractivity contribution in [1.82, 2.24) is 4.90 Å². The van der Waals surface area contributed by atoms with E-state index in [1.807, 2.05) is 0 Å². The van der Waals surface area contributed by atoms with Crippen LogP contribution in [0.2, 0.25) is 5.82 Å². The number of rotatable bonds is 7. The van der Waals surface area contributed by atoms with Crippen LogP contribution in [0, 0.1) is 5.41 Å². The highest BCUT2D eigenvalue weighted by atomic mass is 16.6. The molecule has 2 aliphatic heterocycles. The maximum absolute atomic E-state index is 12.7. The lowest BCUT2D eigenvalue weighted by Gasteiger charge is -2.26. The SMILES string of the molecule is CCCCCCCN1C(=O)OC(C2BC3C=CC(C(C)(C)C)=CC3O2)C1=O. The van der Waals surface area contributed by atoms with Crippen molar-refractivity contribution in [3.63, 3.8) is 0 Å². The van der Waals surface area contributed by atoms with Gasteiger partial charge in [-0.3, -0.25) is 4.79 Å². The van der Waals surface area contributed by atoms with Gasteiger partial charge in [-0.1, -0.05) is 71.6 Å². The van der Waals surface area contributed by atoms with Crippen LogP contribution in [0.3, 0.4) is 0 Å². The number of hydrogen-bond acceptors (Lipinski definition) is 4. The zero-order valence-corrected chi connectivity index (χ0v) is 17.1. The fourth-order valence-electron chi connectivity index (χ4n) is 4.04. The van der Waals surface area contributed by atoms with Gasteiger partial charge in [0.05, 0.1) is 12.1 Å². The topological polar surface area (TPSA) is 55.8 Å². The monoisotopic (exact) mass is 373 g/mol. The summed E-state index contributed by atoms with van der Waals surface area (Å²) in [7, 11) is 0.711. The molecule has 0 bridgehead atoms. The molecular weight excluding hydrogens is 341 g/mol. The van der Waals surface area contributed by atoms with Crippen LogP contribution in [0.4, 0.5) is 4.79 Å². The highest BCUT2D eigenvalue weighted by Crippen LogP contribution is 2.39. The molecule has 0 saturated carbocycles. The fourth-order valence-corrected chi connectivity index (χ4v) is 4.04. The van der Waals surface area contributed by atoms with E-state index >= 15 is 0 Å². The van der Waals surface area contributed by atoms with Crippen LogP contribution < -0.4 is 0 Å². The third-order valence-electron chi connectivity index (χ3n) is 5.77. The quantitative estimate of drug-likeness (QED) is 0.503. The largest absolute Gasteiger partial charge is 0.434 e. The van der Waals surface area contributed by atoms with E-state index in [0.29, 0.717) is 13.8 Å². The van der Waals surface area contributed by atoms with E-state index in [0.717, 1.165) is 19.3 Å². The van der Waals surface area contributed by atoms with Crippen molar-refractivity contribution in [1.29, 1.82) is 0 Å². The van der Waals surface area contributed by atoms with Gasteiger partial charge < -0.3 is 9.47 Å². The van der Waals surface area contributed by atoms with Gasteiger partial charge in [0, 0.05) is 6.54 Å². The summed E-state index contributed by atoms with van der Waals surface area (Å²) in [5.74, 6) is 0.0128. The van der Waals surface area contributed by atoms with E-state index in [4.69, 9.17) is 9.47 Å². The molecule has 2 amide bonds. The number of amides is 2. The summed E-state index contributed by atoms with van der Waals surface area (Å²) in [6.07, 6.45) is 10.5. The lowest BCUT2D eigenvalue weighted by Crippen LogP contribution is -2.39. The summed E-state index contributed by atoms with van der Waals surface area (Å²) in [5, 5.41) is 0. The minimum Gasteiger partial charge on any atom is -0.434 e. The van der Waals surface area contributed by atoms with Crippen molar-refractivity contribution in [2.45, 2.75) is 83.8 Å². The molecule has 2 saturated heterocycles. The highest BCUT2D eigenvalue weighted by molar-refractivity contribution is 6.42. The molecule has 0 spiro atoms. The highest BCUT2D eigenvalue weighted by Gasteiger charge is 2.50. The second-order valence-electron chi connectivity index (χ2n) is 8.98. The molecule has 2 heterocycles. The maximum Gasteiger partial charge on any atom is 0.417 e. The lowest BCUT2D eigenvalue weighted by atomic mass is 9.57. The minimum absolute atomic E-state index is 0.0381. The second kappa shape index (κ2) is 8.21. The number of ether oxygens (including phenoxy) is 2. The van der Waals surface area contributed by atoms with Crippen molar-refractivity contribution in [3.8, 4) is 0 Å². The molecule has 27 heavy (non-hydrogen) atoms. The third kappa shape index (κ3) is 4.48. The van der Waals surface area contributed by atoms with Gasteiger partial charge >= 0.3 is 6.09 Å². The minimum atomic E-state index is -0.793. The molecule has 0 aromatic carbocycles. The van der Waals surface area contributed by atoms with Crippen LogP contribution in [0.25, 0.3) is 0 Å². The molecular formula is C21H32BNO4. The Morgan fingerprint density at radius 3 is 2.59 bits per heavy atom. The van der Waals surface area contributed by atoms with Gasteiger partial charge in [-0.15, -0.1) is 0 Å². The molecule has 3 rings (SSSR count). The zero-order chi connectivity index (χ0) is 19.6. The molecule has 0 aromatic rings. The predicted molar refractivity (Wildman–Crippen MR) is 107 cm³/mol. The van der Waals surface area contributed by atoms with Crippen LogP contribution in [0.15, 0.2) is 23.8 Å². The number of hydrogen-bond donors (Lipinski definition) is 0. The molecule has 0 radical (unpaired) electrons. The first-order valence-electron chi connectivity index (χ1n) is 10.4. The number of carbonyl (C=O) groups excluding carboxylic acids is 2. The van der Waals surface area contributed by atoms with E-state index in [-0.39, 0.29) is 29.2 Å². The van der Waals surface area contributed by atoms with Crippen molar-refractivity contribution < 1.29 is 19.1 Å². The molecule has 4 atom stereocenters. The predicted octanol–water partition coefficient (Wildman–Crippen LogP) is 3.80. The van der Waals surface area contributed by atoms with Gasteiger partial charge in [-0.2, -0.15) is 0 Å². The van der Waals surface area contributed by atoms with Gasteiger partial charge in [0.2, 0.25) is 6.10 Å². The van der Waals surface area contributed by atoms with Crippen LogP contribution in [-0.4, -0.2) is 48.9 Å². The van der Waals surface area contributed by atoms with E-state index in [2.05, 4.69) is 45.9 Å². The molecule has 1 aliphatic carbocycles. The zero-order valence-electron chi connectivity index (χ0n) is 17.1. The smallest absolute Gasteiger partial charge is 0.417 e. The normalized spacial score (nSPS) is 30.2. The first-order chi connectivity index (χ1) is 12.8. The van der Waals surface area contributed by atoms with Crippen LogP contribution >= 0.6 is 0 Å². The van der Waals surface area contributed by atoms with Gasteiger partial charge in [0.15, 0.2) is 7.28 Å². The Labute approximate surface area is 163 Å². The summed E-state index contributed by atoms with van der Waals surface area (Å²) in [5.41, 5.74) is 1.31. The summed E-state index contributed by atoms with van der Waals surface area (Å²) < 4.78 is 11.6. The van der Waals surface area contributed by atoms with Crippen molar-refractivity contribution in [2.24, 2.45) is 5.41 Å². The molecule has 6 heteroatoms. The second-order valence-corrected chi connectivity index (χ2v) is 8.98. The molecule has 5 nitrogen and oxygen atoms in total. The Bertz CT molecular complexity index is 637. The van der Waals surface area contributed by atoms with Crippen molar-refractivity contribution in [3.05, 3.63) is 23.8 Å². The van der Waals surface area contributed by atoms with Gasteiger partial charge in [0.25, 0.3) is 5.91 Å². The van der Waals surface area contributed by atoms with Gasteiger partial charge in [-0.05, 0) is 23.2 Å². The van der Waals surface area contributed by atoms with E-state index in [9.17, 15) is 9.59 Å². The fraction of sp³-hybridized carbons (Fsp3) is 0.714. The van der Waals surface area contributed by atoms with E-state index in [1.54, 1.807) is 0 Å². The van der Waals surface area contributed by atoms with Gasteiger partial charge in [0.1, 0.15) is 0 Å². The van der Waals surface area contributed by atoms with Crippen molar-refractivity contribution >= 4 is 19.3 Å². The summed E-state index contributed by atoms with van der Waals surface area (Å²) in [6.45, 7) is 9.15. The summed E-state index contributed by atoms with van der Waals surface area (Å²) in [6, 6.07) is -0.359. The Morgan fingerprint density at radius 1 is 1.15 bits per heavy atom. The van der Waals surface area contributed by atoms with E-state index < -0.39 is 12.2 Å². The number of allylic oxidation sites excluding steroid dienone is 2. The number of nitrogens with zero attached hydrogens (tertiary/aromatic N) is 1. The molecule has 148 valence electrons. The first-order valence-corrected chi connectivity index (χ1v) is 10.4. The molecule has 2 fully saturated rings. The standard InChI is InChI=1S/C21H32BNO4/c1-5-6-7-8-9-12-23-19(24)17(27-20(23)25)18-22-15-11-10-14(21(2,3)4)13-16(15)26-18/h10-11,13,15-18,22H,5-9,12H2,1-4H3. The average molecular weight is 373 g/mol. The number of unbranched alkanes of at least 4 members (excludes halogenated alkanes) is 4. The Balaban J connectivity index is 1.57. The van der Waals surface area contributed by atoms with Crippen LogP contribution in [0.5, 0.6) is 0 Å². The summed E-state index contributed by atoms with van der Waals surface area (Å²) >= 11 is 0. The Morgan fingerprint density at radius 2 is 1.89 bits per heavy atom. The van der Waals surface area contributed by atoms with Gasteiger partial charge in [-0.25, -0.2) is 9.69 Å². The maximum atomic E-state index is 12.7.